The Bertz CT molecular complexity index is 895. The molecule has 0 bridgehead atoms. The first-order chi connectivity index (χ1) is 13.6. The minimum Gasteiger partial charge on any atom is -0.493 e. The molecular formula is C21H22N2O5. The van der Waals surface area contributed by atoms with E-state index in [4.69, 9.17) is 14.2 Å². The second kappa shape index (κ2) is 8.56. The van der Waals surface area contributed by atoms with Crippen LogP contribution in [0.3, 0.4) is 0 Å². The fourth-order valence-corrected chi connectivity index (χ4v) is 3.33. The smallest absolute Gasteiger partial charge is 0.341 e. The molecule has 0 saturated heterocycles. The molecule has 0 fully saturated rings. The summed E-state index contributed by atoms with van der Waals surface area (Å²) in [5.74, 6) is -0.361. The van der Waals surface area contributed by atoms with Gasteiger partial charge in [0, 0.05) is 5.56 Å². The molecule has 2 aromatic carbocycles. The van der Waals surface area contributed by atoms with E-state index in [1.807, 2.05) is 30.3 Å². The Balaban J connectivity index is 2.16. The zero-order valence-corrected chi connectivity index (χ0v) is 16.0. The van der Waals surface area contributed by atoms with E-state index in [1.54, 1.807) is 25.1 Å². The third kappa shape index (κ3) is 3.69. The van der Waals surface area contributed by atoms with Crippen molar-refractivity contribution in [3.8, 4) is 11.5 Å². The number of nitrogens with zero attached hydrogens (tertiary/aromatic N) is 1. The van der Waals surface area contributed by atoms with Gasteiger partial charge in [0.2, 0.25) is 0 Å². The third-order valence-corrected chi connectivity index (χ3v) is 4.51. The Hall–Kier alpha value is -3.35. The number of aliphatic imine (C=N–C) groups is 1. The maximum absolute atomic E-state index is 12.9. The minimum atomic E-state index is -0.832. The molecule has 28 heavy (non-hydrogen) atoms. The van der Waals surface area contributed by atoms with Crippen molar-refractivity contribution in [1.29, 1.82) is 0 Å². The van der Waals surface area contributed by atoms with E-state index < -0.39 is 24.0 Å². The van der Waals surface area contributed by atoms with Crippen molar-refractivity contribution in [3.05, 3.63) is 59.7 Å². The number of para-hydroxylation sites is 1. The van der Waals surface area contributed by atoms with Gasteiger partial charge in [0.15, 0.2) is 11.5 Å². The van der Waals surface area contributed by atoms with Gasteiger partial charge in [-0.2, -0.15) is 4.99 Å². The van der Waals surface area contributed by atoms with E-state index in [2.05, 4.69) is 10.3 Å². The maximum Gasteiger partial charge on any atom is 0.341 e. The van der Waals surface area contributed by atoms with Gasteiger partial charge in [-0.15, -0.1) is 0 Å². The highest BCUT2D eigenvalue weighted by molar-refractivity contribution is 6.17. The molecule has 0 radical (unpaired) electrons. The largest absolute Gasteiger partial charge is 0.493 e. The molecule has 0 aliphatic carbocycles. The molecule has 0 spiro atoms. The fraction of sp³-hybridized carbons (Fsp3) is 0.286. The van der Waals surface area contributed by atoms with Crippen molar-refractivity contribution >= 4 is 17.7 Å². The first-order valence-corrected chi connectivity index (χ1v) is 8.92. The van der Waals surface area contributed by atoms with Crippen LogP contribution in [0, 0.1) is 5.92 Å². The molecule has 2 atom stereocenters. The molecule has 2 aromatic rings. The van der Waals surface area contributed by atoms with Crippen LogP contribution in [-0.2, 0) is 9.53 Å². The van der Waals surface area contributed by atoms with E-state index in [0.29, 0.717) is 28.3 Å². The predicted octanol–water partition coefficient (Wildman–Crippen LogP) is 3.14. The Kier molecular flexibility index (Phi) is 5.93. The molecule has 1 N–H and O–H groups in total. The number of ether oxygens (including phenoxy) is 3. The van der Waals surface area contributed by atoms with Crippen molar-refractivity contribution in [2.45, 2.75) is 13.0 Å². The molecule has 0 saturated carbocycles. The van der Waals surface area contributed by atoms with Crippen LogP contribution >= 0.6 is 0 Å². The predicted molar refractivity (Wildman–Crippen MR) is 104 cm³/mol. The lowest BCUT2D eigenvalue weighted by molar-refractivity contribution is -0.146. The summed E-state index contributed by atoms with van der Waals surface area (Å²) in [6, 6.07) is 13.2. The van der Waals surface area contributed by atoms with Crippen molar-refractivity contribution in [2.75, 3.05) is 20.8 Å². The SMILES string of the molecule is CCOC(=O)C1C(c2ccccc2)=NC(=O)NC1c1cccc(OC)c1OC. The van der Waals surface area contributed by atoms with Gasteiger partial charge in [-0.05, 0) is 18.6 Å². The first kappa shape index (κ1) is 19.4. The van der Waals surface area contributed by atoms with E-state index in [-0.39, 0.29) is 6.61 Å². The van der Waals surface area contributed by atoms with E-state index in [1.165, 1.54) is 14.2 Å². The van der Waals surface area contributed by atoms with Crippen LogP contribution in [0.4, 0.5) is 4.79 Å². The molecule has 3 rings (SSSR count). The van der Waals surface area contributed by atoms with E-state index in [0.717, 1.165) is 0 Å². The Labute approximate surface area is 163 Å². The summed E-state index contributed by atoms with van der Waals surface area (Å²) in [7, 11) is 3.04. The quantitative estimate of drug-likeness (QED) is 0.776. The average molecular weight is 382 g/mol. The molecule has 1 heterocycles. The zero-order chi connectivity index (χ0) is 20.1. The average Bonchev–Trinajstić information content (AvgIpc) is 2.73. The van der Waals surface area contributed by atoms with Gasteiger partial charge in [0.1, 0.15) is 5.92 Å². The van der Waals surface area contributed by atoms with E-state index >= 15 is 0 Å². The number of methoxy groups -OCH3 is 2. The Morgan fingerprint density at radius 2 is 1.82 bits per heavy atom. The van der Waals surface area contributed by atoms with Gasteiger partial charge < -0.3 is 19.5 Å². The number of urea groups is 1. The topological polar surface area (TPSA) is 86.2 Å². The van der Waals surface area contributed by atoms with Gasteiger partial charge in [-0.25, -0.2) is 4.79 Å². The van der Waals surface area contributed by atoms with Crippen LogP contribution in [-0.4, -0.2) is 38.5 Å². The number of rotatable bonds is 6. The second-order valence-corrected chi connectivity index (χ2v) is 6.10. The second-order valence-electron chi connectivity index (χ2n) is 6.10. The molecule has 7 heteroatoms. The molecule has 1 aliphatic heterocycles. The number of hydrogen-bond donors (Lipinski definition) is 1. The van der Waals surface area contributed by atoms with Crippen LogP contribution in [0.1, 0.15) is 24.1 Å². The van der Waals surface area contributed by atoms with Crippen molar-refractivity contribution in [2.24, 2.45) is 10.9 Å². The van der Waals surface area contributed by atoms with Gasteiger partial charge in [-0.1, -0.05) is 42.5 Å². The molecule has 1 aliphatic rings. The van der Waals surface area contributed by atoms with Gasteiger partial charge in [0.25, 0.3) is 0 Å². The lowest BCUT2D eigenvalue weighted by atomic mass is 9.84. The van der Waals surface area contributed by atoms with Crippen LogP contribution in [0.25, 0.3) is 0 Å². The lowest BCUT2D eigenvalue weighted by Crippen LogP contribution is -2.45. The molecule has 2 amide bonds. The summed E-state index contributed by atoms with van der Waals surface area (Å²) in [4.78, 5) is 29.4. The van der Waals surface area contributed by atoms with Crippen molar-refractivity contribution in [3.63, 3.8) is 0 Å². The monoisotopic (exact) mass is 382 g/mol. The summed E-state index contributed by atoms with van der Waals surface area (Å²) < 4.78 is 16.2. The minimum absolute atomic E-state index is 0.216. The summed E-state index contributed by atoms with van der Waals surface area (Å²) in [5, 5.41) is 2.79. The normalized spacial score (nSPS) is 18.7. The molecular weight excluding hydrogens is 360 g/mol. The number of carbonyl (C=O) groups excluding carboxylic acids is 2. The molecule has 146 valence electrons. The number of esters is 1. The Morgan fingerprint density at radius 3 is 2.46 bits per heavy atom. The Morgan fingerprint density at radius 1 is 1.07 bits per heavy atom. The van der Waals surface area contributed by atoms with Crippen LogP contribution in [0.5, 0.6) is 11.5 Å². The van der Waals surface area contributed by atoms with Crippen molar-refractivity contribution < 1.29 is 23.8 Å². The number of nitrogens with one attached hydrogen (secondary N) is 1. The van der Waals surface area contributed by atoms with Gasteiger partial charge in [-0.3, -0.25) is 4.79 Å². The number of hydrogen-bond acceptors (Lipinski definition) is 5. The van der Waals surface area contributed by atoms with Crippen LogP contribution in [0.2, 0.25) is 0 Å². The van der Waals surface area contributed by atoms with Crippen molar-refractivity contribution in [1.82, 2.24) is 5.32 Å². The molecule has 0 aromatic heterocycles. The summed E-state index contributed by atoms with van der Waals surface area (Å²) in [6.07, 6.45) is 0. The van der Waals surface area contributed by atoms with Gasteiger partial charge >= 0.3 is 12.0 Å². The van der Waals surface area contributed by atoms with E-state index in [9.17, 15) is 9.59 Å². The summed E-state index contributed by atoms with van der Waals surface area (Å²) >= 11 is 0. The molecule has 2 unspecified atom stereocenters. The highest BCUT2D eigenvalue weighted by atomic mass is 16.5. The zero-order valence-electron chi connectivity index (χ0n) is 16.0. The van der Waals surface area contributed by atoms with Crippen LogP contribution in [0.15, 0.2) is 53.5 Å². The number of carbonyl (C=O) groups is 2. The standard InChI is InChI=1S/C21H22N2O5/c1-4-28-20(24)16-17(13-9-6-5-7-10-13)22-21(25)23-18(16)14-11-8-12-15(26-2)19(14)27-3/h5-12,16,18H,4H2,1-3H3,(H,23,25). The number of amides is 2. The first-order valence-electron chi connectivity index (χ1n) is 8.92. The highest BCUT2D eigenvalue weighted by Gasteiger charge is 2.42. The fourth-order valence-electron chi connectivity index (χ4n) is 3.33. The third-order valence-electron chi connectivity index (χ3n) is 4.51. The number of benzene rings is 2. The highest BCUT2D eigenvalue weighted by Crippen LogP contribution is 2.40. The summed E-state index contributed by atoms with van der Waals surface area (Å²) in [5.41, 5.74) is 1.65. The molecule has 7 nitrogen and oxygen atoms in total. The lowest BCUT2D eigenvalue weighted by Gasteiger charge is -2.32. The van der Waals surface area contributed by atoms with Gasteiger partial charge in [0.05, 0.1) is 32.6 Å². The maximum atomic E-state index is 12.9. The van der Waals surface area contributed by atoms with Crippen LogP contribution < -0.4 is 14.8 Å². The summed E-state index contributed by atoms with van der Waals surface area (Å²) in [6.45, 7) is 1.95.